The Morgan fingerprint density at radius 1 is 1.15 bits per heavy atom. The van der Waals surface area contributed by atoms with Gasteiger partial charge in [0.05, 0.1) is 21.8 Å². The molecule has 0 radical (unpaired) electrons. The molecule has 0 saturated heterocycles. The van der Waals surface area contributed by atoms with Crippen LogP contribution in [0.2, 0.25) is 5.02 Å². The first-order valence-corrected chi connectivity index (χ1v) is 7.87. The smallest absolute Gasteiger partial charge is 0.418 e. The van der Waals surface area contributed by atoms with Crippen LogP contribution in [0.5, 0.6) is 0 Å². The van der Waals surface area contributed by atoms with Crippen LogP contribution in [0.3, 0.4) is 0 Å². The second-order valence-electron chi connectivity index (χ2n) is 5.60. The van der Waals surface area contributed by atoms with Crippen molar-refractivity contribution >= 4 is 29.2 Å². The third-order valence-electron chi connectivity index (χ3n) is 3.52. The van der Waals surface area contributed by atoms with Crippen LogP contribution in [0.1, 0.15) is 27.0 Å². The molecule has 2 aromatic carbocycles. The van der Waals surface area contributed by atoms with E-state index in [1.165, 1.54) is 6.07 Å². The number of alkyl halides is 3. The molecule has 0 saturated carbocycles. The summed E-state index contributed by atoms with van der Waals surface area (Å²) >= 11 is 5.75. The Hall–Kier alpha value is -2.54. The van der Waals surface area contributed by atoms with Crippen molar-refractivity contribution in [2.75, 3.05) is 11.9 Å². The molecule has 0 aliphatic rings. The monoisotopic (exact) mass is 385 g/mol. The Morgan fingerprint density at radius 2 is 1.85 bits per heavy atom. The van der Waals surface area contributed by atoms with Gasteiger partial charge < -0.3 is 10.1 Å². The second-order valence-corrected chi connectivity index (χ2v) is 6.01. The average molecular weight is 386 g/mol. The Labute approximate surface area is 152 Å². The third-order valence-corrected chi connectivity index (χ3v) is 3.83. The molecule has 0 fully saturated rings. The standard InChI is InChI=1S/C18H15ClF3NO3/c1-10-6-7-12(11(2)8-10)17(25)26-9-15(24)23-16-13(18(20,21)22)4-3-5-14(16)19/h3-8H,9H2,1-2H3,(H,23,24). The molecule has 1 amide bonds. The number of anilines is 1. The number of nitrogens with one attached hydrogen (secondary N) is 1. The molecule has 0 aliphatic carbocycles. The van der Waals surface area contributed by atoms with Gasteiger partial charge in [0.1, 0.15) is 0 Å². The molecule has 1 N–H and O–H groups in total. The number of hydrogen-bond acceptors (Lipinski definition) is 3. The summed E-state index contributed by atoms with van der Waals surface area (Å²) < 4.78 is 43.9. The third kappa shape index (κ3) is 4.76. The van der Waals surface area contributed by atoms with Crippen molar-refractivity contribution < 1.29 is 27.5 Å². The van der Waals surface area contributed by atoms with Crippen LogP contribution in [-0.4, -0.2) is 18.5 Å². The lowest BCUT2D eigenvalue weighted by Crippen LogP contribution is -2.23. The number of hydrogen-bond donors (Lipinski definition) is 1. The predicted octanol–water partition coefficient (Wildman–Crippen LogP) is 4.77. The molecule has 0 heterocycles. The molecule has 2 aromatic rings. The Bertz CT molecular complexity index is 850. The van der Waals surface area contributed by atoms with E-state index in [0.29, 0.717) is 5.56 Å². The lowest BCUT2D eigenvalue weighted by atomic mass is 10.1. The zero-order chi connectivity index (χ0) is 19.5. The SMILES string of the molecule is Cc1ccc(C(=O)OCC(=O)Nc2c(Cl)cccc2C(F)(F)F)c(C)c1. The quantitative estimate of drug-likeness (QED) is 0.771. The van der Waals surface area contributed by atoms with Crippen molar-refractivity contribution in [1.82, 2.24) is 0 Å². The van der Waals surface area contributed by atoms with Gasteiger partial charge >= 0.3 is 12.1 Å². The van der Waals surface area contributed by atoms with Crippen LogP contribution in [0, 0.1) is 13.8 Å². The number of carbonyl (C=O) groups is 2. The molecule has 0 bridgehead atoms. The Balaban J connectivity index is 2.07. The fraction of sp³-hybridized carbons (Fsp3) is 0.222. The van der Waals surface area contributed by atoms with E-state index in [1.54, 1.807) is 25.1 Å². The normalized spacial score (nSPS) is 11.2. The van der Waals surface area contributed by atoms with Gasteiger partial charge in [-0.15, -0.1) is 0 Å². The molecule has 0 aliphatic heterocycles. The second kappa shape index (κ2) is 7.78. The molecule has 2 rings (SSSR count). The van der Waals surface area contributed by atoms with Crippen LogP contribution in [-0.2, 0) is 15.7 Å². The maximum absolute atomic E-state index is 13.0. The fourth-order valence-corrected chi connectivity index (χ4v) is 2.54. The molecule has 26 heavy (non-hydrogen) atoms. The van der Waals surface area contributed by atoms with Gasteiger partial charge in [-0.25, -0.2) is 4.79 Å². The molecule has 138 valence electrons. The van der Waals surface area contributed by atoms with Gasteiger partial charge in [0.15, 0.2) is 6.61 Å². The first-order chi connectivity index (χ1) is 12.1. The summed E-state index contributed by atoms with van der Waals surface area (Å²) in [5.41, 5.74) is 0.237. The van der Waals surface area contributed by atoms with Crippen LogP contribution in [0.4, 0.5) is 18.9 Å². The van der Waals surface area contributed by atoms with Crippen molar-refractivity contribution in [3.8, 4) is 0 Å². The largest absolute Gasteiger partial charge is 0.452 e. The number of carbonyl (C=O) groups excluding carboxylic acids is 2. The number of ether oxygens (including phenoxy) is 1. The fourth-order valence-electron chi connectivity index (χ4n) is 2.31. The Morgan fingerprint density at radius 3 is 2.46 bits per heavy atom. The van der Waals surface area contributed by atoms with E-state index in [9.17, 15) is 22.8 Å². The van der Waals surface area contributed by atoms with Crippen LogP contribution in [0.25, 0.3) is 0 Å². The summed E-state index contributed by atoms with van der Waals surface area (Å²) in [6.45, 7) is 2.83. The van der Waals surface area contributed by atoms with Gasteiger partial charge in [-0.05, 0) is 37.6 Å². The van der Waals surface area contributed by atoms with Gasteiger partial charge in [0.2, 0.25) is 0 Å². The van der Waals surface area contributed by atoms with Gasteiger partial charge in [0.25, 0.3) is 5.91 Å². The van der Waals surface area contributed by atoms with Gasteiger partial charge in [-0.3, -0.25) is 4.79 Å². The number of aryl methyl sites for hydroxylation is 2. The van der Waals surface area contributed by atoms with E-state index in [0.717, 1.165) is 17.7 Å². The number of rotatable bonds is 4. The van der Waals surface area contributed by atoms with E-state index in [4.69, 9.17) is 16.3 Å². The number of para-hydroxylation sites is 1. The predicted molar refractivity (Wildman–Crippen MR) is 91.3 cm³/mol. The number of benzene rings is 2. The maximum Gasteiger partial charge on any atom is 0.418 e. The van der Waals surface area contributed by atoms with Crippen molar-refractivity contribution in [2.45, 2.75) is 20.0 Å². The maximum atomic E-state index is 13.0. The lowest BCUT2D eigenvalue weighted by Gasteiger charge is -2.15. The minimum Gasteiger partial charge on any atom is -0.452 e. The van der Waals surface area contributed by atoms with Gasteiger partial charge in [0, 0.05) is 0 Å². The van der Waals surface area contributed by atoms with Crippen molar-refractivity contribution in [1.29, 1.82) is 0 Å². The van der Waals surface area contributed by atoms with Gasteiger partial charge in [-0.1, -0.05) is 35.4 Å². The molecular weight excluding hydrogens is 371 g/mol. The number of amides is 1. The van der Waals surface area contributed by atoms with E-state index in [-0.39, 0.29) is 10.6 Å². The summed E-state index contributed by atoms with van der Waals surface area (Å²) in [5.74, 6) is -1.67. The highest BCUT2D eigenvalue weighted by Crippen LogP contribution is 2.38. The van der Waals surface area contributed by atoms with E-state index in [2.05, 4.69) is 0 Å². The highest BCUT2D eigenvalue weighted by Gasteiger charge is 2.34. The summed E-state index contributed by atoms with van der Waals surface area (Å²) in [4.78, 5) is 23.9. The van der Waals surface area contributed by atoms with Crippen LogP contribution in [0.15, 0.2) is 36.4 Å². The minimum atomic E-state index is -4.69. The van der Waals surface area contributed by atoms with E-state index < -0.39 is 35.9 Å². The lowest BCUT2D eigenvalue weighted by molar-refractivity contribution is -0.137. The summed E-state index contributed by atoms with van der Waals surface area (Å²) in [6.07, 6.45) is -4.69. The molecule has 0 atom stereocenters. The van der Waals surface area contributed by atoms with Crippen LogP contribution >= 0.6 is 11.6 Å². The highest BCUT2D eigenvalue weighted by atomic mass is 35.5. The topological polar surface area (TPSA) is 55.4 Å². The van der Waals surface area contributed by atoms with Crippen molar-refractivity contribution in [3.05, 3.63) is 63.7 Å². The molecule has 4 nitrogen and oxygen atoms in total. The summed E-state index contributed by atoms with van der Waals surface area (Å²) in [5, 5.41) is 1.78. The number of esters is 1. The zero-order valence-electron chi connectivity index (χ0n) is 13.9. The molecule has 0 spiro atoms. The minimum absolute atomic E-state index is 0.270. The van der Waals surface area contributed by atoms with Crippen molar-refractivity contribution in [3.63, 3.8) is 0 Å². The summed E-state index contributed by atoms with van der Waals surface area (Å²) in [7, 11) is 0. The highest BCUT2D eigenvalue weighted by molar-refractivity contribution is 6.34. The first kappa shape index (κ1) is 19.8. The van der Waals surface area contributed by atoms with E-state index in [1.807, 2.05) is 12.2 Å². The van der Waals surface area contributed by atoms with E-state index >= 15 is 0 Å². The summed E-state index contributed by atoms with van der Waals surface area (Å²) in [6, 6.07) is 8.18. The molecule has 0 aromatic heterocycles. The molecule has 0 unspecified atom stereocenters. The number of halogens is 4. The van der Waals surface area contributed by atoms with Crippen LogP contribution < -0.4 is 5.32 Å². The van der Waals surface area contributed by atoms with Crippen molar-refractivity contribution in [2.24, 2.45) is 0 Å². The average Bonchev–Trinajstić information content (AvgIpc) is 2.53. The zero-order valence-corrected chi connectivity index (χ0v) is 14.7. The molecular formula is C18H15ClF3NO3. The van der Waals surface area contributed by atoms with Gasteiger partial charge in [-0.2, -0.15) is 13.2 Å². The molecule has 8 heteroatoms. The Kier molecular flexibility index (Phi) is 5.92. The first-order valence-electron chi connectivity index (χ1n) is 7.49.